The van der Waals surface area contributed by atoms with Crippen LogP contribution in [0.2, 0.25) is 0 Å². The third-order valence-electron chi connectivity index (χ3n) is 3.25. The zero-order valence-electron chi connectivity index (χ0n) is 13.3. The molecule has 124 valence electrons. The van der Waals surface area contributed by atoms with Crippen molar-refractivity contribution in [1.29, 1.82) is 0 Å². The zero-order valence-corrected chi connectivity index (χ0v) is 14.8. The average Bonchev–Trinajstić information content (AvgIpc) is 2.55. The molecule has 0 aliphatic rings. The minimum atomic E-state index is -0.465. The van der Waals surface area contributed by atoms with Crippen LogP contribution in [0, 0.1) is 0 Å². The van der Waals surface area contributed by atoms with Gasteiger partial charge in [0.15, 0.2) is 0 Å². The molecule has 6 heteroatoms. The monoisotopic (exact) mass is 387 g/mol. The number of anilines is 1. The molecule has 0 aliphatic heterocycles. The van der Waals surface area contributed by atoms with E-state index in [1.165, 1.54) is 6.21 Å². The molecule has 5 nitrogen and oxygen atoms in total. The van der Waals surface area contributed by atoms with Crippen LogP contribution in [-0.2, 0) is 16.0 Å². The zero-order chi connectivity index (χ0) is 17.4. The summed E-state index contributed by atoms with van der Waals surface area (Å²) in [5.41, 5.74) is 4.95. The van der Waals surface area contributed by atoms with E-state index in [0.717, 1.165) is 27.7 Å². The highest BCUT2D eigenvalue weighted by Crippen LogP contribution is 2.15. The Hall–Kier alpha value is -2.47. The molecule has 0 atom stereocenters. The van der Waals surface area contributed by atoms with Crippen molar-refractivity contribution in [3.63, 3.8) is 0 Å². The van der Waals surface area contributed by atoms with Gasteiger partial charge in [0.05, 0.1) is 6.21 Å². The van der Waals surface area contributed by atoms with Gasteiger partial charge in [-0.25, -0.2) is 5.43 Å². The Labute approximate surface area is 149 Å². The van der Waals surface area contributed by atoms with Crippen LogP contribution in [0.4, 0.5) is 5.69 Å². The summed E-state index contributed by atoms with van der Waals surface area (Å²) in [6.45, 7) is 2.01. The van der Waals surface area contributed by atoms with Gasteiger partial charge in [-0.1, -0.05) is 53.2 Å². The Balaban J connectivity index is 1.84. The molecule has 0 heterocycles. The number of nitrogens with one attached hydrogen (secondary N) is 2. The Morgan fingerprint density at radius 3 is 2.67 bits per heavy atom. The molecule has 0 fully saturated rings. The van der Waals surface area contributed by atoms with E-state index in [0.29, 0.717) is 0 Å². The number of carbonyl (C=O) groups is 2. The van der Waals surface area contributed by atoms with Crippen LogP contribution in [0.5, 0.6) is 0 Å². The minimum absolute atomic E-state index is 0.284. The average molecular weight is 388 g/mol. The molecule has 2 rings (SSSR count). The lowest BCUT2D eigenvalue weighted by Gasteiger charge is -2.09. The number of nitrogens with zero attached hydrogens (tertiary/aromatic N) is 1. The lowest BCUT2D eigenvalue weighted by molar-refractivity contribution is -0.126. The van der Waals surface area contributed by atoms with E-state index >= 15 is 0 Å². The van der Waals surface area contributed by atoms with E-state index in [4.69, 9.17) is 0 Å². The van der Waals surface area contributed by atoms with Gasteiger partial charge in [0.2, 0.25) is 11.8 Å². The largest absolute Gasteiger partial charge is 0.325 e. The van der Waals surface area contributed by atoms with Crippen molar-refractivity contribution in [1.82, 2.24) is 5.43 Å². The first kappa shape index (κ1) is 17.9. The number of amides is 2. The summed E-state index contributed by atoms with van der Waals surface area (Å²) < 4.78 is 0.923. The normalized spacial score (nSPS) is 10.6. The quantitative estimate of drug-likeness (QED) is 0.452. The summed E-state index contributed by atoms with van der Waals surface area (Å²) in [5, 5.41) is 6.60. The SMILES string of the molecule is CCc1ccccc1NC(=O)CC(=O)NN=Cc1cccc(Br)c1. The molecule has 0 saturated heterocycles. The van der Waals surface area contributed by atoms with E-state index in [2.05, 4.69) is 31.8 Å². The molecule has 0 unspecified atom stereocenters. The molecule has 2 aromatic carbocycles. The van der Waals surface area contributed by atoms with Gasteiger partial charge in [-0.2, -0.15) is 5.10 Å². The predicted molar refractivity (Wildman–Crippen MR) is 98.9 cm³/mol. The highest BCUT2D eigenvalue weighted by molar-refractivity contribution is 9.10. The molecule has 0 radical (unpaired) electrons. The van der Waals surface area contributed by atoms with Gasteiger partial charge < -0.3 is 5.32 Å². The number of hydrazone groups is 1. The summed E-state index contributed by atoms with van der Waals surface area (Å²) in [5.74, 6) is -0.834. The standard InChI is InChI=1S/C18H18BrN3O2/c1-2-14-7-3-4-9-16(14)21-17(23)11-18(24)22-20-12-13-6-5-8-15(19)10-13/h3-10,12H,2,11H2,1H3,(H,21,23)(H,22,24). The van der Waals surface area contributed by atoms with E-state index in [9.17, 15) is 9.59 Å². The van der Waals surface area contributed by atoms with Crippen molar-refractivity contribution in [3.8, 4) is 0 Å². The molecule has 0 spiro atoms. The van der Waals surface area contributed by atoms with Crippen LogP contribution in [0.15, 0.2) is 58.1 Å². The second-order valence-electron chi connectivity index (χ2n) is 5.08. The Morgan fingerprint density at radius 1 is 1.12 bits per heavy atom. The van der Waals surface area contributed by atoms with Gasteiger partial charge in [0.1, 0.15) is 6.42 Å². The number of para-hydroxylation sites is 1. The third-order valence-corrected chi connectivity index (χ3v) is 3.74. The van der Waals surface area contributed by atoms with Crippen LogP contribution in [-0.4, -0.2) is 18.0 Å². The van der Waals surface area contributed by atoms with Crippen LogP contribution in [0.1, 0.15) is 24.5 Å². The van der Waals surface area contributed by atoms with E-state index in [1.807, 2.05) is 55.5 Å². The first-order chi connectivity index (χ1) is 11.6. The number of aryl methyl sites for hydroxylation is 1. The maximum absolute atomic E-state index is 11.9. The lowest BCUT2D eigenvalue weighted by atomic mass is 10.1. The molecule has 2 amide bonds. The smallest absolute Gasteiger partial charge is 0.249 e. The van der Waals surface area contributed by atoms with Crippen molar-refractivity contribution in [3.05, 3.63) is 64.1 Å². The lowest BCUT2D eigenvalue weighted by Crippen LogP contribution is -2.25. The minimum Gasteiger partial charge on any atom is -0.325 e. The molecule has 0 saturated carbocycles. The van der Waals surface area contributed by atoms with Gasteiger partial charge in [-0.15, -0.1) is 0 Å². The third kappa shape index (κ3) is 5.62. The Morgan fingerprint density at radius 2 is 1.92 bits per heavy atom. The van der Waals surface area contributed by atoms with Crippen molar-refractivity contribution >= 4 is 39.6 Å². The first-order valence-electron chi connectivity index (χ1n) is 7.53. The first-order valence-corrected chi connectivity index (χ1v) is 8.33. The van der Waals surface area contributed by atoms with Crippen LogP contribution < -0.4 is 10.7 Å². The van der Waals surface area contributed by atoms with Crippen LogP contribution in [0.3, 0.4) is 0 Å². The summed E-state index contributed by atoms with van der Waals surface area (Å²) in [4.78, 5) is 23.7. The fourth-order valence-corrected chi connectivity index (χ4v) is 2.51. The van der Waals surface area contributed by atoms with Crippen molar-refractivity contribution in [2.24, 2.45) is 5.10 Å². The highest BCUT2D eigenvalue weighted by Gasteiger charge is 2.10. The van der Waals surface area contributed by atoms with E-state index < -0.39 is 5.91 Å². The molecule has 2 aromatic rings. The fraction of sp³-hybridized carbons (Fsp3) is 0.167. The van der Waals surface area contributed by atoms with Crippen LogP contribution in [0.25, 0.3) is 0 Å². The Kier molecular flexibility index (Phi) is 6.69. The molecule has 0 aromatic heterocycles. The fourth-order valence-electron chi connectivity index (χ4n) is 2.10. The number of hydrogen-bond acceptors (Lipinski definition) is 3. The molecule has 24 heavy (non-hydrogen) atoms. The number of benzene rings is 2. The number of carbonyl (C=O) groups excluding carboxylic acids is 2. The number of hydrogen-bond donors (Lipinski definition) is 2. The summed E-state index contributed by atoms with van der Waals surface area (Å²) >= 11 is 3.36. The van der Waals surface area contributed by atoms with Gasteiger partial charge >= 0.3 is 0 Å². The summed E-state index contributed by atoms with van der Waals surface area (Å²) in [7, 11) is 0. The topological polar surface area (TPSA) is 70.6 Å². The maximum Gasteiger partial charge on any atom is 0.249 e. The van der Waals surface area contributed by atoms with Crippen molar-refractivity contribution in [2.45, 2.75) is 19.8 Å². The van der Waals surface area contributed by atoms with Crippen LogP contribution >= 0.6 is 15.9 Å². The second kappa shape index (κ2) is 8.98. The predicted octanol–water partition coefficient (Wildman–Crippen LogP) is 3.49. The number of halogens is 1. The van der Waals surface area contributed by atoms with E-state index in [1.54, 1.807) is 0 Å². The molecule has 2 N–H and O–H groups in total. The molecule has 0 bridgehead atoms. The van der Waals surface area contributed by atoms with Gasteiger partial charge in [0, 0.05) is 10.2 Å². The van der Waals surface area contributed by atoms with Crippen molar-refractivity contribution in [2.75, 3.05) is 5.32 Å². The molecular formula is C18H18BrN3O2. The molecular weight excluding hydrogens is 370 g/mol. The van der Waals surface area contributed by atoms with Crippen molar-refractivity contribution < 1.29 is 9.59 Å². The Bertz CT molecular complexity index is 759. The summed E-state index contributed by atoms with van der Waals surface area (Å²) in [6.07, 6.45) is 2.04. The van der Waals surface area contributed by atoms with Gasteiger partial charge in [0.25, 0.3) is 0 Å². The van der Waals surface area contributed by atoms with Gasteiger partial charge in [-0.3, -0.25) is 9.59 Å². The summed E-state index contributed by atoms with van der Waals surface area (Å²) in [6, 6.07) is 15.0. The maximum atomic E-state index is 11.9. The highest BCUT2D eigenvalue weighted by atomic mass is 79.9. The van der Waals surface area contributed by atoms with E-state index in [-0.39, 0.29) is 12.3 Å². The van der Waals surface area contributed by atoms with Gasteiger partial charge in [-0.05, 0) is 35.7 Å². The second-order valence-corrected chi connectivity index (χ2v) is 6.00. The molecule has 0 aliphatic carbocycles. The number of rotatable bonds is 6.